The van der Waals surface area contributed by atoms with Gasteiger partial charge >= 0.3 is 12.0 Å². The summed E-state index contributed by atoms with van der Waals surface area (Å²) in [7, 11) is -8.45. The lowest BCUT2D eigenvalue weighted by atomic mass is 10.0. The number of primary amides is 1. The number of esters is 1. The highest BCUT2D eigenvalue weighted by molar-refractivity contribution is 7.90. The molecule has 8 fully saturated rings. The van der Waals surface area contributed by atoms with Crippen molar-refractivity contribution in [1.29, 1.82) is 0 Å². The molecule has 0 saturated carbocycles. The Hall–Kier alpha value is -3.31. The molecule has 0 bridgehead atoms. The van der Waals surface area contributed by atoms with Gasteiger partial charge in [-0.15, -0.1) is 0 Å². The van der Waals surface area contributed by atoms with E-state index < -0.39 is 218 Å². The summed E-state index contributed by atoms with van der Waals surface area (Å²) in [6.07, 6.45) is -20.2. The van der Waals surface area contributed by atoms with Gasteiger partial charge in [-0.05, 0) is 157 Å². The lowest BCUT2D eigenvalue weighted by molar-refractivity contribution is -0.293. The second kappa shape index (κ2) is 63.1. The highest BCUT2D eigenvalue weighted by Gasteiger charge is 2.46. The number of Topliss-reactive ketones (excluding diaryl/α,β-unsaturated/α-hetero) is 1. The highest BCUT2D eigenvalue weighted by atomic mass is 32.2. The average molecular weight is 2030 g/mol. The summed E-state index contributed by atoms with van der Waals surface area (Å²) in [6.45, 7) is 41.1. The molecule has 0 radical (unpaired) electrons. The quantitative estimate of drug-likeness (QED) is 0.0276. The number of ether oxygens (including phenoxy) is 17. The van der Waals surface area contributed by atoms with Crippen LogP contribution in [0, 0.1) is 0 Å². The van der Waals surface area contributed by atoms with Crippen molar-refractivity contribution in [3.8, 4) is 0 Å². The molecule has 0 aromatic heterocycles. The lowest BCUT2D eigenvalue weighted by Crippen LogP contribution is -2.53. The first-order chi connectivity index (χ1) is 62.0. The van der Waals surface area contributed by atoms with Crippen molar-refractivity contribution in [3.63, 3.8) is 0 Å². The van der Waals surface area contributed by atoms with Gasteiger partial charge in [0.05, 0.1) is 159 Å². The van der Waals surface area contributed by atoms with E-state index in [1.165, 1.54) is 20.8 Å². The first-order valence-electron chi connectivity index (χ1n) is 46.0. The summed E-state index contributed by atoms with van der Waals surface area (Å²) in [5, 5.41) is 160. The van der Waals surface area contributed by atoms with Gasteiger partial charge in [0.15, 0.2) is 56.1 Å². The van der Waals surface area contributed by atoms with Crippen LogP contribution in [0.2, 0.25) is 0 Å². The maximum absolute atomic E-state index is 11.7. The number of hydrogen-bond acceptors (Lipinski definition) is 42. The van der Waals surface area contributed by atoms with E-state index in [1.807, 2.05) is 55.4 Å². The van der Waals surface area contributed by atoms with E-state index in [9.17, 15) is 122 Å². The van der Waals surface area contributed by atoms with E-state index in [0.29, 0.717) is 38.4 Å². The number of ketones is 1. The second-order valence-electron chi connectivity index (χ2n) is 37.9. The summed E-state index contributed by atoms with van der Waals surface area (Å²) in [4.78, 5) is 43.1. The van der Waals surface area contributed by atoms with Gasteiger partial charge in [-0.2, -0.15) is 0 Å². The smallest absolute Gasteiger partial charge is 0.312 e. The van der Waals surface area contributed by atoms with Crippen LogP contribution in [0.25, 0.3) is 0 Å². The molecule has 0 spiro atoms. The topological polar surface area (TPSA) is 696 Å². The molecule has 0 aromatic rings. The predicted molar refractivity (Wildman–Crippen MR) is 487 cm³/mol. The standard InChI is InChI=1S/C12H25O5P.C11H21NO5.C11H22O6S.C11H20O6.C11H22O4.C10H20N2O5.C10H21NO6S.C10H18O5/c1-8(2)16-12-11(14)10(13)7-9(17-12)5-6-18(3,4)15;1-6(2)16-11-10(15)9(14)4-8(17-11)5-12-7(3)13;1-7(2)16-11-10(13)9(12)6-8(17-11)4-5-18(3,14)15;1-6(2)16-11-10(14)9(13)4-8(17-11)5-15-7(3)12;1-5-7-6-8(12)9(13)10(14-7)15-11(2,3)4;1-5(2)16-9-8(14)7(13)3-6(17-9)4-12-10(11)15;1-6(2)16-10-9(13)8(12)4-7(17-10)5-11-18(3,14)15;1-5(2)14-10-9(13)7(12)4-8(15-10)6(3)11/h8-14H,5-7H2,1-4H3;6,8-11,14-15H,4-5H2,1-3H3,(H,12,13);7-13H,4-6H2,1-3H3;6,8-11,13-14H,4-5H2,1-3H3;7-10,12-13H,5-6H2,1-4H3;5-9,13-14H,3-4H2,1-2H3,(H3,11,12,15);6-13H,4-5H2,1-3H3;5,7-10,12-13H,4H2,1-3H3/t9-,10-,11-,12-;8-,9+,10+,11+;8-,9-,10-,11-;8-,9+,10+,11+;7?,8-,9-,10?;6-,7+,8+,9+;7-,8+,9+,10+;7-,8+,9-,10-/m10100001/s1. The minimum Gasteiger partial charge on any atom is -0.463 e. The van der Waals surface area contributed by atoms with Crippen molar-refractivity contribution in [2.24, 2.45) is 5.73 Å². The van der Waals surface area contributed by atoms with Gasteiger partial charge < -0.3 is 183 Å². The molecule has 0 aliphatic carbocycles. The van der Waals surface area contributed by atoms with Crippen LogP contribution in [0.3, 0.4) is 0 Å². The van der Waals surface area contributed by atoms with Gasteiger partial charge in [0.25, 0.3) is 0 Å². The molecule has 8 rings (SSSR count). The third kappa shape index (κ3) is 55.9. The van der Waals surface area contributed by atoms with Crippen LogP contribution in [0.5, 0.6) is 0 Å². The van der Waals surface area contributed by atoms with Gasteiger partial charge in [0, 0.05) is 97.3 Å². The van der Waals surface area contributed by atoms with Gasteiger partial charge in [0.2, 0.25) is 15.9 Å². The summed E-state index contributed by atoms with van der Waals surface area (Å²) < 4.78 is 150. The SMILES string of the molecule is CC(=O)NC[C@@H]1C[C@@H](O)[C@@H](O)[C@H](OC(C)C)O1.CC(=O)OC[C@@H]1C[C@@H](O)[C@@H](O)[C@H](OC(C)C)O1.CC(=O)[C@@H]1C[C@@H](O)[C@@H](O)[C@H](OC(C)C)O1.CC(C)O[C@@H]1O[C@H](CCP(C)(C)=O)C[C@@H](O)[C@H]1O.CC(C)O[C@@H]1O[C@H](CCS(C)(=O)=O)C[C@@H](O)[C@H]1O.CC(C)O[C@@H]1O[C@H](CNC(N)=O)C[C@@H](O)[C@H]1O.CC(C)O[C@@H]1O[C@H](CNS(C)(=O)=O)C[C@@H](O)[C@H]1O.CCC1C[C@H](O)[C@H](O)C(OC(C)(C)C)O1. The van der Waals surface area contributed by atoms with Crippen LogP contribution < -0.4 is 21.1 Å². The number of carbonyl (C=O) groups is 4. The Morgan fingerprint density at radius 1 is 0.393 bits per heavy atom. The van der Waals surface area contributed by atoms with Crippen molar-refractivity contribution in [3.05, 3.63) is 0 Å². The van der Waals surface area contributed by atoms with Crippen LogP contribution in [0.15, 0.2) is 0 Å². The Kier molecular flexibility index (Phi) is 60.6. The van der Waals surface area contributed by atoms with Gasteiger partial charge in [-0.1, -0.05) is 6.92 Å². The number of urea groups is 1. The van der Waals surface area contributed by atoms with E-state index in [0.717, 1.165) is 18.9 Å². The molecule has 8 aliphatic heterocycles. The lowest BCUT2D eigenvalue weighted by Gasteiger charge is -2.39. The summed E-state index contributed by atoms with van der Waals surface area (Å²) in [5.74, 6) is -0.737. The summed E-state index contributed by atoms with van der Waals surface area (Å²) >= 11 is 0. The zero-order valence-electron chi connectivity index (χ0n) is 83.1. The van der Waals surface area contributed by atoms with E-state index in [1.54, 1.807) is 82.6 Å². The summed E-state index contributed by atoms with van der Waals surface area (Å²) in [6, 6.07) is -0.657. The first-order valence-corrected chi connectivity index (χ1v) is 52.7. The van der Waals surface area contributed by atoms with Crippen LogP contribution >= 0.6 is 7.14 Å². The van der Waals surface area contributed by atoms with E-state index >= 15 is 0 Å². The number of rotatable bonds is 32. The minimum atomic E-state index is -3.31. The van der Waals surface area contributed by atoms with Gasteiger partial charge in [-0.25, -0.2) is 26.4 Å². The zero-order chi connectivity index (χ0) is 104. The largest absolute Gasteiger partial charge is 0.463 e. The van der Waals surface area contributed by atoms with Crippen LogP contribution in [-0.4, -0.2) is 431 Å². The first kappa shape index (κ1) is 130. The normalized spacial score (nSPS) is 34.6. The molecule has 8 saturated heterocycles. The summed E-state index contributed by atoms with van der Waals surface area (Å²) in [5.41, 5.74) is 4.55. The van der Waals surface area contributed by atoms with Gasteiger partial charge in [0.1, 0.15) is 71.4 Å². The molecule has 8 heterocycles. The van der Waals surface area contributed by atoms with E-state index in [2.05, 4.69) is 15.4 Å². The van der Waals surface area contributed by atoms with Crippen molar-refractivity contribution < 1.29 is 203 Å². The molecular weight excluding hydrogens is 1860 g/mol. The fraction of sp³-hybridized carbons (Fsp3) is 0.953. The Morgan fingerprint density at radius 3 is 0.941 bits per heavy atom. The van der Waals surface area contributed by atoms with E-state index in [-0.39, 0.29) is 142 Å². The third-order valence-corrected chi connectivity index (χ3v) is 23.1. The molecule has 21 N–H and O–H groups in total. The van der Waals surface area contributed by atoms with Crippen LogP contribution in [0.4, 0.5) is 4.79 Å². The Bertz CT molecular complexity index is 3370. The van der Waals surface area contributed by atoms with Crippen molar-refractivity contribution in [2.75, 3.05) is 64.0 Å². The average Bonchev–Trinajstić information content (AvgIpc) is 0.864. The molecule has 49 heteroatoms. The molecule has 46 nitrogen and oxygen atoms in total. The monoisotopic (exact) mass is 2030 g/mol. The van der Waals surface area contributed by atoms with Crippen molar-refractivity contribution in [2.45, 2.75) is 461 Å². The number of amides is 3. The zero-order valence-corrected chi connectivity index (χ0v) is 85.7. The number of aliphatic hydroxyl groups is 16. The number of sulfonamides is 1. The predicted octanol–water partition coefficient (Wildman–Crippen LogP) is -1.26. The Labute approximate surface area is 796 Å². The molecular formula is C86H169N4O42PS2. The molecule has 32 atom stereocenters. The minimum absolute atomic E-state index is 0.00508. The number of aliphatic hydroxyl groups excluding tert-OH is 16. The molecule has 135 heavy (non-hydrogen) atoms. The fourth-order valence-corrected chi connectivity index (χ4v) is 15.6. The number of hydrogen-bond donors (Lipinski definition) is 20. The van der Waals surface area contributed by atoms with Gasteiger partial charge in [-0.3, -0.25) is 14.4 Å². The Balaban J connectivity index is 0.000000772. The molecule has 8 aliphatic rings. The number of nitrogens with one attached hydrogen (secondary N) is 3. The van der Waals surface area contributed by atoms with Crippen LogP contribution in [0.1, 0.15) is 216 Å². The number of carbonyl (C=O) groups excluding carboxylic acids is 4. The molecule has 802 valence electrons. The maximum Gasteiger partial charge on any atom is 0.312 e. The highest BCUT2D eigenvalue weighted by Crippen LogP contribution is 2.39. The number of sulfone groups is 1. The number of nitrogens with two attached hydrogens (primary N) is 1. The Morgan fingerprint density at radius 2 is 0.659 bits per heavy atom. The second-order valence-corrected chi connectivity index (χ2v) is 45.6. The maximum atomic E-state index is 11.7. The van der Waals surface area contributed by atoms with Crippen LogP contribution in [-0.2, 0) is 119 Å². The molecule has 0 aromatic carbocycles. The molecule has 2 unspecified atom stereocenters. The third-order valence-electron chi connectivity index (χ3n) is 20.1. The fourth-order valence-electron chi connectivity index (χ4n) is 13.5. The van der Waals surface area contributed by atoms with E-state index in [4.69, 9.17) is 86.3 Å². The van der Waals surface area contributed by atoms with Crippen molar-refractivity contribution in [1.82, 2.24) is 15.4 Å². The molecule has 3 amide bonds. The van der Waals surface area contributed by atoms with Crippen molar-refractivity contribution >= 4 is 50.7 Å².